The van der Waals surface area contributed by atoms with E-state index in [0.717, 1.165) is 0 Å². The van der Waals surface area contributed by atoms with Gasteiger partial charge < -0.3 is 5.32 Å². The summed E-state index contributed by atoms with van der Waals surface area (Å²) in [6, 6.07) is 0. The Morgan fingerprint density at radius 3 is 2.36 bits per heavy atom. The van der Waals surface area contributed by atoms with E-state index in [4.69, 9.17) is 0 Å². The average molecular weight is 154 g/mol. The predicted molar refractivity (Wildman–Crippen MR) is 46.0 cm³/mol. The van der Waals surface area contributed by atoms with Crippen molar-refractivity contribution in [3.8, 4) is 0 Å². The summed E-state index contributed by atoms with van der Waals surface area (Å²) in [4.78, 5) is 12.6. The summed E-state index contributed by atoms with van der Waals surface area (Å²) in [5, 5.41) is 2.67. The molecule has 0 aromatic rings. The summed E-state index contributed by atoms with van der Waals surface area (Å²) in [7, 11) is 3.71. The Morgan fingerprint density at radius 1 is 1.55 bits per heavy atom. The minimum Gasteiger partial charge on any atom is -0.334 e. The van der Waals surface area contributed by atoms with Crippen LogP contribution in [0.15, 0.2) is 25.3 Å². The summed E-state index contributed by atoms with van der Waals surface area (Å²) in [6.45, 7) is 6.92. The van der Waals surface area contributed by atoms with Crippen molar-refractivity contribution in [2.45, 2.75) is 6.17 Å². The van der Waals surface area contributed by atoms with E-state index in [1.165, 1.54) is 6.08 Å². The van der Waals surface area contributed by atoms with Crippen molar-refractivity contribution in [2.24, 2.45) is 0 Å². The minimum absolute atomic E-state index is 0.125. The second kappa shape index (κ2) is 4.68. The summed E-state index contributed by atoms with van der Waals surface area (Å²) in [5.41, 5.74) is 0. The van der Waals surface area contributed by atoms with E-state index in [9.17, 15) is 4.79 Å². The lowest BCUT2D eigenvalue weighted by atomic mass is 10.4. The van der Waals surface area contributed by atoms with Gasteiger partial charge in [0.25, 0.3) is 0 Å². The van der Waals surface area contributed by atoms with E-state index >= 15 is 0 Å². The van der Waals surface area contributed by atoms with E-state index in [-0.39, 0.29) is 12.1 Å². The van der Waals surface area contributed by atoms with E-state index in [1.807, 2.05) is 19.0 Å². The van der Waals surface area contributed by atoms with Gasteiger partial charge in [0.2, 0.25) is 5.91 Å². The molecule has 0 aliphatic rings. The quantitative estimate of drug-likeness (QED) is 0.360. The molecule has 0 aliphatic heterocycles. The van der Waals surface area contributed by atoms with Crippen LogP contribution in [0.3, 0.4) is 0 Å². The fourth-order valence-corrected chi connectivity index (χ4v) is 0.604. The molecule has 0 aliphatic carbocycles. The molecule has 1 atom stereocenters. The van der Waals surface area contributed by atoms with E-state index in [1.54, 1.807) is 6.08 Å². The number of carbonyl (C=O) groups is 1. The molecule has 0 heterocycles. The van der Waals surface area contributed by atoms with Gasteiger partial charge in [0, 0.05) is 0 Å². The van der Waals surface area contributed by atoms with Crippen LogP contribution in [-0.2, 0) is 4.79 Å². The van der Waals surface area contributed by atoms with Crippen molar-refractivity contribution in [3.63, 3.8) is 0 Å². The molecule has 1 N–H and O–H groups in total. The normalized spacial score (nSPS) is 12.3. The Morgan fingerprint density at radius 2 is 2.09 bits per heavy atom. The van der Waals surface area contributed by atoms with Crippen LogP contribution in [0.1, 0.15) is 0 Å². The number of likely N-dealkylation sites (N-methyl/N-ethyl adjacent to an activating group) is 1. The number of amides is 1. The van der Waals surface area contributed by atoms with Crippen LogP contribution < -0.4 is 5.32 Å². The van der Waals surface area contributed by atoms with Gasteiger partial charge >= 0.3 is 0 Å². The number of hydrogen-bond acceptors (Lipinski definition) is 2. The smallest absolute Gasteiger partial charge is 0.244 e. The first-order valence-electron chi connectivity index (χ1n) is 3.33. The van der Waals surface area contributed by atoms with Crippen LogP contribution in [0.25, 0.3) is 0 Å². The summed E-state index contributed by atoms with van der Waals surface area (Å²) in [5.74, 6) is -0.191. The van der Waals surface area contributed by atoms with Crippen molar-refractivity contribution in [1.29, 1.82) is 0 Å². The second-order valence-corrected chi connectivity index (χ2v) is 2.36. The minimum atomic E-state index is -0.191. The number of nitrogens with zero attached hydrogens (tertiary/aromatic N) is 1. The molecule has 0 aromatic carbocycles. The maximum atomic E-state index is 10.8. The van der Waals surface area contributed by atoms with Crippen molar-refractivity contribution in [3.05, 3.63) is 25.3 Å². The molecule has 3 heteroatoms. The first-order valence-corrected chi connectivity index (χ1v) is 3.33. The number of hydrogen-bond donors (Lipinski definition) is 1. The summed E-state index contributed by atoms with van der Waals surface area (Å²) >= 11 is 0. The van der Waals surface area contributed by atoms with Crippen LogP contribution in [-0.4, -0.2) is 31.1 Å². The zero-order valence-electron chi connectivity index (χ0n) is 7.00. The van der Waals surface area contributed by atoms with Gasteiger partial charge in [0.15, 0.2) is 0 Å². The maximum Gasteiger partial charge on any atom is 0.244 e. The van der Waals surface area contributed by atoms with Crippen LogP contribution >= 0.6 is 0 Å². The largest absolute Gasteiger partial charge is 0.334 e. The molecule has 0 radical (unpaired) electrons. The van der Waals surface area contributed by atoms with Gasteiger partial charge in [-0.2, -0.15) is 0 Å². The third kappa shape index (κ3) is 3.57. The van der Waals surface area contributed by atoms with Gasteiger partial charge in [0.1, 0.15) is 6.17 Å². The fourth-order valence-electron chi connectivity index (χ4n) is 0.604. The van der Waals surface area contributed by atoms with Gasteiger partial charge in [-0.3, -0.25) is 9.69 Å². The van der Waals surface area contributed by atoms with Crippen molar-refractivity contribution in [1.82, 2.24) is 10.2 Å². The second-order valence-electron chi connectivity index (χ2n) is 2.36. The van der Waals surface area contributed by atoms with Gasteiger partial charge in [-0.05, 0) is 20.2 Å². The van der Waals surface area contributed by atoms with Gasteiger partial charge in [-0.15, -0.1) is 0 Å². The Kier molecular flexibility index (Phi) is 4.22. The van der Waals surface area contributed by atoms with Crippen molar-refractivity contribution < 1.29 is 4.79 Å². The van der Waals surface area contributed by atoms with E-state index in [2.05, 4.69) is 18.5 Å². The molecule has 0 rings (SSSR count). The standard InChI is InChI=1S/C8H14N2O/c1-5-7(10(3)4)9-8(11)6-2/h5-7H,1-2H2,3-4H3,(H,9,11). The molecule has 3 nitrogen and oxygen atoms in total. The lowest BCUT2D eigenvalue weighted by Gasteiger charge is -2.20. The van der Waals surface area contributed by atoms with Gasteiger partial charge in [0.05, 0.1) is 0 Å². The maximum absolute atomic E-state index is 10.8. The molecule has 0 saturated heterocycles. The SMILES string of the molecule is C=CC(=O)NC(C=C)N(C)C. The van der Waals surface area contributed by atoms with Crippen LogP contribution in [0.5, 0.6) is 0 Å². The highest BCUT2D eigenvalue weighted by atomic mass is 16.1. The summed E-state index contributed by atoms with van der Waals surface area (Å²) < 4.78 is 0. The molecule has 62 valence electrons. The Bertz CT molecular complexity index is 163. The highest BCUT2D eigenvalue weighted by Crippen LogP contribution is 1.88. The van der Waals surface area contributed by atoms with Crippen LogP contribution in [0, 0.1) is 0 Å². The monoisotopic (exact) mass is 154 g/mol. The molecule has 0 aromatic heterocycles. The first-order chi connectivity index (χ1) is 5.11. The molecular formula is C8H14N2O. The predicted octanol–water partition coefficient (Wildman–Crippen LogP) is 0.362. The Labute approximate surface area is 67.4 Å². The van der Waals surface area contributed by atoms with Gasteiger partial charge in [-0.25, -0.2) is 0 Å². The topological polar surface area (TPSA) is 32.3 Å². The third-order valence-electron chi connectivity index (χ3n) is 1.26. The van der Waals surface area contributed by atoms with E-state index in [0.29, 0.717) is 0 Å². The first kappa shape index (κ1) is 9.91. The van der Waals surface area contributed by atoms with Gasteiger partial charge in [-0.1, -0.05) is 19.2 Å². The van der Waals surface area contributed by atoms with Crippen molar-refractivity contribution in [2.75, 3.05) is 14.1 Å². The molecule has 0 bridgehead atoms. The lowest BCUT2D eigenvalue weighted by molar-refractivity contribution is -0.117. The molecule has 11 heavy (non-hydrogen) atoms. The molecule has 0 fully saturated rings. The molecule has 1 unspecified atom stereocenters. The number of rotatable bonds is 4. The van der Waals surface area contributed by atoms with Crippen LogP contribution in [0.4, 0.5) is 0 Å². The highest BCUT2D eigenvalue weighted by Gasteiger charge is 2.06. The van der Waals surface area contributed by atoms with E-state index < -0.39 is 0 Å². The zero-order valence-corrected chi connectivity index (χ0v) is 7.00. The van der Waals surface area contributed by atoms with Crippen molar-refractivity contribution >= 4 is 5.91 Å². The molecule has 0 spiro atoms. The summed E-state index contributed by atoms with van der Waals surface area (Å²) in [6.07, 6.45) is 2.77. The molecule has 0 saturated carbocycles. The number of nitrogens with one attached hydrogen (secondary N) is 1. The lowest BCUT2D eigenvalue weighted by Crippen LogP contribution is -2.42. The number of carbonyl (C=O) groups excluding carboxylic acids is 1. The highest BCUT2D eigenvalue weighted by molar-refractivity contribution is 5.87. The Balaban J connectivity index is 3.97. The Hall–Kier alpha value is -1.09. The average Bonchev–Trinajstić information content (AvgIpc) is 1.99. The zero-order chi connectivity index (χ0) is 8.85. The third-order valence-corrected chi connectivity index (χ3v) is 1.26. The molecular weight excluding hydrogens is 140 g/mol. The molecule has 1 amide bonds. The fraction of sp³-hybridized carbons (Fsp3) is 0.375. The van der Waals surface area contributed by atoms with Crippen LogP contribution in [0.2, 0.25) is 0 Å².